The Morgan fingerprint density at radius 1 is 0.571 bits per heavy atom. The fourth-order valence-corrected chi connectivity index (χ4v) is 8.07. The van der Waals surface area contributed by atoms with Gasteiger partial charge < -0.3 is 23.8 Å². The van der Waals surface area contributed by atoms with Crippen molar-refractivity contribution in [2.24, 2.45) is 0 Å². The Morgan fingerprint density at radius 2 is 1.00 bits per heavy atom. The van der Waals surface area contributed by atoms with E-state index in [2.05, 4.69) is 39.8 Å². The average Bonchev–Trinajstić information content (AvgIpc) is 3.59. The zero-order valence-electron chi connectivity index (χ0n) is 38.1. The fourth-order valence-electron chi connectivity index (χ4n) is 8.07. The SMILES string of the molecule is CCCCCCCCCCCOC(=O)CCCCCC1(CCCCCCCC(=O)OC(CCCCCCCC)CCCCCCCC)OC[C@H](CCN(C)C)O1. The number of hydrogen-bond acceptors (Lipinski definition) is 7. The Morgan fingerprint density at radius 3 is 1.52 bits per heavy atom. The van der Waals surface area contributed by atoms with Gasteiger partial charge in [0, 0.05) is 32.2 Å². The summed E-state index contributed by atoms with van der Waals surface area (Å²) < 4.78 is 24.7. The van der Waals surface area contributed by atoms with Crippen molar-refractivity contribution in [3.8, 4) is 0 Å². The Bertz CT molecular complexity index is 867. The van der Waals surface area contributed by atoms with Crippen molar-refractivity contribution in [1.29, 1.82) is 0 Å². The van der Waals surface area contributed by atoms with Gasteiger partial charge in [0.1, 0.15) is 6.10 Å². The van der Waals surface area contributed by atoms with Crippen molar-refractivity contribution < 1.29 is 28.5 Å². The predicted octanol–water partition coefficient (Wildman–Crippen LogP) is 14.2. The molecule has 1 rings (SSSR count). The molecule has 7 nitrogen and oxygen atoms in total. The second-order valence-electron chi connectivity index (χ2n) is 17.7. The number of rotatable bonds is 42. The minimum atomic E-state index is -0.502. The first kappa shape index (κ1) is 52.8. The van der Waals surface area contributed by atoms with E-state index in [0.717, 1.165) is 103 Å². The van der Waals surface area contributed by atoms with Gasteiger partial charge in [-0.3, -0.25) is 9.59 Å². The number of ether oxygens (including phenoxy) is 4. The van der Waals surface area contributed by atoms with Crippen LogP contribution in [-0.2, 0) is 28.5 Å². The third kappa shape index (κ3) is 31.8. The van der Waals surface area contributed by atoms with Crippen LogP contribution in [0.5, 0.6) is 0 Å². The smallest absolute Gasteiger partial charge is 0.306 e. The molecule has 1 aliphatic rings. The number of esters is 2. The highest BCUT2D eigenvalue weighted by Gasteiger charge is 2.40. The van der Waals surface area contributed by atoms with Gasteiger partial charge in [0.2, 0.25) is 0 Å². The summed E-state index contributed by atoms with van der Waals surface area (Å²) in [6, 6.07) is 0. The molecule has 0 aromatic carbocycles. The van der Waals surface area contributed by atoms with E-state index in [0.29, 0.717) is 26.1 Å². The van der Waals surface area contributed by atoms with Gasteiger partial charge >= 0.3 is 11.9 Å². The molecule has 332 valence electrons. The Hall–Kier alpha value is -1.18. The topological polar surface area (TPSA) is 74.3 Å². The van der Waals surface area contributed by atoms with Crippen LogP contribution in [0.15, 0.2) is 0 Å². The van der Waals surface area contributed by atoms with Gasteiger partial charge in [0.05, 0.1) is 19.3 Å². The highest BCUT2D eigenvalue weighted by molar-refractivity contribution is 5.69. The van der Waals surface area contributed by atoms with Crippen LogP contribution in [0.4, 0.5) is 0 Å². The minimum Gasteiger partial charge on any atom is -0.466 e. The number of carbonyl (C=O) groups is 2. The molecule has 0 radical (unpaired) electrons. The quantitative estimate of drug-likeness (QED) is 0.0450. The van der Waals surface area contributed by atoms with Gasteiger partial charge in [0.15, 0.2) is 5.79 Å². The monoisotopic (exact) mass is 794 g/mol. The van der Waals surface area contributed by atoms with Crippen LogP contribution in [0, 0.1) is 0 Å². The second-order valence-corrected chi connectivity index (χ2v) is 17.7. The summed E-state index contributed by atoms with van der Waals surface area (Å²) in [5.41, 5.74) is 0. The number of carbonyl (C=O) groups excluding carboxylic acids is 2. The van der Waals surface area contributed by atoms with Gasteiger partial charge in [-0.25, -0.2) is 0 Å². The molecule has 0 spiro atoms. The second kappa shape index (κ2) is 38.0. The average molecular weight is 794 g/mol. The Kier molecular flexibility index (Phi) is 35.9. The van der Waals surface area contributed by atoms with Crippen molar-refractivity contribution in [1.82, 2.24) is 4.90 Å². The van der Waals surface area contributed by atoms with Gasteiger partial charge in [0.25, 0.3) is 0 Å². The van der Waals surface area contributed by atoms with E-state index in [-0.39, 0.29) is 24.1 Å². The molecule has 0 saturated carbocycles. The maximum atomic E-state index is 12.9. The van der Waals surface area contributed by atoms with Crippen LogP contribution < -0.4 is 0 Å². The maximum Gasteiger partial charge on any atom is 0.306 e. The molecule has 7 heteroatoms. The van der Waals surface area contributed by atoms with Crippen molar-refractivity contribution in [3.05, 3.63) is 0 Å². The van der Waals surface area contributed by atoms with E-state index in [1.807, 2.05) is 0 Å². The molecule has 1 aliphatic heterocycles. The molecule has 1 unspecified atom stereocenters. The van der Waals surface area contributed by atoms with E-state index in [1.54, 1.807) is 0 Å². The predicted molar refractivity (Wildman–Crippen MR) is 236 cm³/mol. The molecule has 0 aliphatic carbocycles. The lowest BCUT2D eigenvalue weighted by Crippen LogP contribution is -2.31. The molecule has 1 heterocycles. The van der Waals surface area contributed by atoms with Gasteiger partial charge in [-0.2, -0.15) is 0 Å². The number of unbranched alkanes of at least 4 members (excludes halogenated alkanes) is 24. The van der Waals surface area contributed by atoms with Crippen LogP contribution in [0.1, 0.15) is 252 Å². The van der Waals surface area contributed by atoms with Crippen LogP contribution in [0.3, 0.4) is 0 Å². The van der Waals surface area contributed by atoms with Crippen molar-refractivity contribution in [2.75, 3.05) is 33.9 Å². The van der Waals surface area contributed by atoms with Crippen LogP contribution in [0.25, 0.3) is 0 Å². The maximum absolute atomic E-state index is 12.9. The first-order valence-electron chi connectivity index (χ1n) is 24.7. The van der Waals surface area contributed by atoms with E-state index >= 15 is 0 Å². The molecule has 0 N–H and O–H groups in total. The summed E-state index contributed by atoms with van der Waals surface area (Å²) in [6.45, 7) is 9.01. The summed E-state index contributed by atoms with van der Waals surface area (Å²) >= 11 is 0. The van der Waals surface area contributed by atoms with E-state index in [4.69, 9.17) is 18.9 Å². The molecule has 56 heavy (non-hydrogen) atoms. The summed E-state index contributed by atoms with van der Waals surface area (Å²) in [5, 5.41) is 0. The van der Waals surface area contributed by atoms with Crippen molar-refractivity contribution in [3.63, 3.8) is 0 Å². The molecular weight excluding hydrogens is 699 g/mol. The largest absolute Gasteiger partial charge is 0.466 e. The molecule has 0 aromatic rings. The lowest BCUT2D eigenvalue weighted by atomic mass is 9.99. The van der Waals surface area contributed by atoms with E-state index < -0.39 is 5.79 Å². The highest BCUT2D eigenvalue weighted by Crippen LogP contribution is 2.35. The molecule has 1 fully saturated rings. The van der Waals surface area contributed by atoms with Crippen molar-refractivity contribution in [2.45, 2.75) is 270 Å². The lowest BCUT2D eigenvalue weighted by Gasteiger charge is -2.28. The van der Waals surface area contributed by atoms with E-state index in [1.165, 1.54) is 122 Å². The summed E-state index contributed by atoms with van der Waals surface area (Å²) in [7, 11) is 4.21. The molecule has 0 aromatic heterocycles. The molecular formula is C49H95NO6. The summed E-state index contributed by atoms with van der Waals surface area (Å²) in [6.07, 6.45) is 41.0. The van der Waals surface area contributed by atoms with Crippen LogP contribution in [0.2, 0.25) is 0 Å². The highest BCUT2D eigenvalue weighted by atomic mass is 16.7. The number of hydrogen-bond donors (Lipinski definition) is 0. The standard InChI is InChI=1S/C49H95NO6/c1-6-9-12-15-18-19-20-26-34-43-53-47(51)37-31-27-33-41-49(54-44-46(56-49)39-42-50(4)5)40-32-25-21-24-30-38-48(52)55-45(35-28-22-16-13-10-7-2)36-29-23-17-14-11-8-3/h45-46H,6-44H2,1-5H3/t46-,49?/m0/s1. The minimum absolute atomic E-state index is 0.00880. The Labute approximate surface area is 348 Å². The van der Waals surface area contributed by atoms with Gasteiger partial charge in [-0.1, -0.05) is 162 Å². The fraction of sp³-hybridized carbons (Fsp3) is 0.959. The Balaban J connectivity index is 2.33. The van der Waals surface area contributed by atoms with Crippen molar-refractivity contribution >= 4 is 11.9 Å². The molecule has 1 saturated heterocycles. The summed E-state index contributed by atoms with van der Waals surface area (Å²) in [4.78, 5) is 27.4. The van der Waals surface area contributed by atoms with Crippen LogP contribution in [-0.4, -0.2) is 68.7 Å². The third-order valence-electron chi connectivity index (χ3n) is 11.8. The first-order chi connectivity index (χ1) is 27.3. The lowest BCUT2D eigenvalue weighted by molar-refractivity contribution is -0.180. The zero-order chi connectivity index (χ0) is 40.8. The third-order valence-corrected chi connectivity index (χ3v) is 11.8. The molecule has 2 atom stereocenters. The zero-order valence-corrected chi connectivity index (χ0v) is 38.1. The molecule has 0 bridgehead atoms. The molecule has 0 amide bonds. The normalized spacial score (nSPS) is 17.0. The van der Waals surface area contributed by atoms with Gasteiger partial charge in [-0.05, 0) is 78.3 Å². The first-order valence-corrected chi connectivity index (χ1v) is 24.7. The summed E-state index contributed by atoms with van der Waals surface area (Å²) in [5.74, 6) is -0.543. The van der Waals surface area contributed by atoms with Gasteiger partial charge in [-0.15, -0.1) is 0 Å². The number of nitrogens with zero attached hydrogens (tertiary/aromatic N) is 1. The van der Waals surface area contributed by atoms with E-state index in [9.17, 15) is 9.59 Å². The van der Waals surface area contributed by atoms with Crippen LogP contribution >= 0.6 is 0 Å².